The van der Waals surface area contributed by atoms with Gasteiger partial charge in [0.25, 0.3) is 5.91 Å². The van der Waals surface area contributed by atoms with E-state index in [0.29, 0.717) is 36.2 Å². The SMILES string of the molecule is CCCCOc1ccc(C(=O)N2CCC(c3nc4ccccc4s3)CC2)cc1OCC. The van der Waals surface area contributed by atoms with Crippen molar-refractivity contribution >= 4 is 27.5 Å². The van der Waals surface area contributed by atoms with E-state index in [-0.39, 0.29) is 5.91 Å². The average Bonchev–Trinajstić information content (AvgIpc) is 3.24. The van der Waals surface area contributed by atoms with Crippen LogP contribution in [0.3, 0.4) is 0 Å². The summed E-state index contributed by atoms with van der Waals surface area (Å²) in [6.45, 7) is 6.76. The second-order valence-electron chi connectivity index (χ2n) is 7.88. The molecule has 2 heterocycles. The summed E-state index contributed by atoms with van der Waals surface area (Å²) in [7, 11) is 0. The van der Waals surface area contributed by atoms with Crippen molar-refractivity contribution in [3.8, 4) is 11.5 Å². The third-order valence-electron chi connectivity index (χ3n) is 5.69. The molecule has 1 amide bonds. The van der Waals surface area contributed by atoms with Crippen LogP contribution >= 0.6 is 11.3 Å². The quantitative estimate of drug-likeness (QED) is 0.411. The Morgan fingerprint density at radius 3 is 2.65 bits per heavy atom. The topological polar surface area (TPSA) is 51.7 Å². The number of hydrogen-bond acceptors (Lipinski definition) is 5. The van der Waals surface area contributed by atoms with Gasteiger partial charge in [0.1, 0.15) is 0 Å². The first-order valence-corrected chi connectivity index (χ1v) is 12.1. The minimum absolute atomic E-state index is 0.0591. The lowest BCUT2D eigenvalue weighted by Gasteiger charge is -2.31. The molecule has 0 spiro atoms. The van der Waals surface area contributed by atoms with Crippen LogP contribution in [-0.4, -0.2) is 42.1 Å². The molecular weight excluding hydrogens is 408 g/mol. The molecule has 6 heteroatoms. The highest BCUT2D eigenvalue weighted by Crippen LogP contribution is 2.35. The summed E-state index contributed by atoms with van der Waals surface area (Å²) in [5.41, 5.74) is 1.73. The molecule has 1 saturated heterocycles. The van der Waals surface area contributed by atoms with E-state index in [1.165, 1.54) is 9.71 Å². The predicted octanol–water partition coefficient (Wildman–Crippen LogP) is 5.89. The molecule has 5 nitrogen and oxygen atoms in total. The molecule has 0 unspecified atom stereocenters. The summed E-state index contributed by atoms with van der Waals surface area (Å²) >= 11 is 1.78. The van der Waals surface area contributed by atoms with Crippen LogP contribution in [0.1, 0.15) is 60.8 Å². The van der Waals surface area contributed by atoms with E-state index in [1.807, 2.05) is 36.1 Å². The maximum absolute atomic E-state index is 13.1. The standard InChI is InChI=1S/C25H30N2O3S/c1-3-5-16-30-21-11-10-19(17-22(21)29-4-2)25(28)27-14-12-18(13-15-27)24-26-20-8-6-7-9-23(20)31-24/h6-11,17-18H,3-5,12-16H2,1-2H3. The second kappa shape index (κ2) is 10.1. The van der Waals surface area contributed by atoms with E-state index >= 15 is 0 Å². The Labute approximate surface area is 188 Å². The van der Waals surface area contributed by atoms with Crippen molar-refractivity contribution in [3.05, 3.63) is 53.0 Å². The second-order valence-corrected chi connectivity index (χ2v) is 8.95. The zero-order chi connectivity index (χ0) is 21.6. The zero-order valence-corrected chi connectivity index (χ0v) is 19.1. The molecule has 3 aromatic rings. The Balaban J connectivity index is 1.41. The number of hydrogen-bond donors (Lipinski definition) is 0. The van der Waals surface area contributed by atoms with Crippen molar-refractivity contribution in [1.82, 2.24) is 9.88 Å². The van der Waals surface area contributed by atoms with Crippen LogP contribution in [0.4, 0.5) is 0 Å². The molecule has 0 aliphatic carbocycles. The van der Waals surface area contributed by atoms with Crippen molar-refractivity contribution in [1.29, 1.82) is 0 Å². The monoisotopic (exact) mass is 438 g/mol. The number of nitrogens with zero attached hydrogens (tertiary/aromatic N) is 2. The number of rotatable bonds is 8. The van der Waals surface area contributed by atoms with Crippen LogP contribution in [0, 0.1) is 0 Å². The molecule has 0 N–H and O–H groups in total. The van der Waals surface area contributed by atoms with Gasteiger partial charge in [-0.25, -0.2) is 4.98 Å². The van der Waals surface area contributed by atoms with Gasteiger partial charge in [0.05, 0.1) is 28.4 Å². The van der Waals surface area contributed by atoms with Crippen molar-refractivity contribution in [2.45, 2.75) is 45.4 Å². The first-order chi connectivity index (χ1) is 15.2. The number of fused-ring (bicyclic) bond motifs is 1. The van der Waals surface area contributed by atoms with Crippen LogP contribution in [0.2, 0.25) is 0 Å². The van der Waals surface area contributed by atoms with Gasteiger partial charge in [-0.15, -0.1) is 11.3 Å². The first-order valence-electron chi connectivity index (χ1n) is 11.2. The van der Waals surface area contributed by atoms with Crippen molar-refractivity contribution < 1.29 is 14.3 Å². The Morgan fingerprint density at radius 1 is 1.10 bits per heavy atom. The van der Waals surface area contributed by atoms with E-state index in [2.05, 4.69) is 25.1 Å². The molecule has 1 fully saturated rings. The molecule has 31 heavy (non-hydrogen) atoms. The van der Waals surface area contributed by atoms with Gasteiger partial charge in [0.2, 0.25) is 0 Å². The highest BCUT2D eigenvalue weighted by atomic mass is 32.1. The maximum Gasteiger partial charge on any atom is 0.253 e. The minimum Gasteiger partial charge on any atom is -0.490 e. The molecule has 0 radical (unpaired) electrons. The van der Waals surface area contributed by atoms with E-state index in [4.69, 9.17) is 14.5 Å². The number of ether oxygens (including phenoxy) is 2. The number of para-hydroxylation sites is 1. The Morgan fingerprint density at radius 2 is 1.90 bits per heavy atom. The largest absolute Gasteiger partial charge is 0.490 e. The Kier molecular flexibility index (Phi) is 7.07. The Hall–Kier alpha value is -2.60. The number of benzene rings is 2. The molecule has 0 atom stereocenters. The Bertz CT molecular complexity index is 992. The van der Waals surface area contributed by atoms with Gasteiger partial charge in [-0.3, -0.25) is 4.79 Å². The molecule has 1 aromatic heterocycles. The first kappa shape index (κ1) is 21.6. The van der Waals surface area contributed by atoms with Crippen LogP contribution in [0.25, 0.3) is 10.2 Å². The number of aromatic nitrogens is 1. The highest BCUT2D eigenvalue weighted by Gasteiger charge is 2.27. The fourth-order valence-corrected chi connectivity index (χ4v) is 5.07. The minimum atomic E-state index is 0.0591. The lowest BCUT2D eigenvalue weighted by molar-refractivity contribution is 0.0712. The number of thiazole rings is 1. The van der Waals surface area contributed by atoms with Crippen LogP contribution in [-0.2, 0) is 0 Å². The van der Waals surface area contributed by atoms with Gasteiger partial charge >= 0.3 is 0 Å². The summed E-state index contributed by atoms with van der Waals surface area (Å²) in [5.74, 6) is 1.84. The number of piperidine rings is 1. The number of unbranched alkanes of at least 4 members (excludes halogenated alkanes) is 1. The summed E-state index contributed by atoms with van der Waals surface area (Å²) in [6, 6.07) is 13.8. The van der Waals surface area contributed by atoms with E-state index in [9.17, 15) is 4.79 Å². The van der Waals surface area contributed by atoms with Gasteiger partial charge in [0.15, 0.2) is 11.5 Å². The van der Waals surface area contributed by atoms with Gasteiger partial charge in [-0.1, -0.05) is 25.5 Å². The normalized spacial score (nSPS) is 14.7. The fourth-order valence-electron chi connectivity index (χ4n) is 3.93. The van der Waals surface area contributed by atoms with Gasteiger partial charge < -0.3 is 14.4 Å². The van der Waals surface area contributed by atoms with E-state index in [0.717, 1.165) is 44.3 Å². The average molecular weight is 439 g/mol. The van der Waals surface area contributed by atoms with E-state index in [1.54, 1.807) is 11.3 Å². The van der Waals surface area contributed by atoms with Crippen LogP contribution < -0.4 is 9.47 Å². The predicted molar refractivity (Wildman–Crippen MR) is 126 cm³/mol. The van der Waals surface area contributed by atoms with Crippen molar-refractivity contribution in [3.63, 3.8) is 0 Å². The van der Waals surface area contributed by atoms with Gasteiger partial charge in [-0.2, -0.15) is 0 Å². The molecule has 0 saturated carbocycles. The van der Waals surface area contributed by atoms with Crippen LogP contribution in [0.15, 0.2) is 42.5 Å². The maximum atomic E-state index is 13.1. The third kappa shape index (κ3) is 5.01. The van der Waals surface area contributed by atoms with E-state index < -0.39 is 0 Å². The van der Waals surface area contributed by atoms with Crippen LogP contribution in [0.5, 0.6) is 11.5 Å². The molecular formula is C25H30N2O3S. The summed E-state index contributed by atoms with van der Waals surface area (Å²) in [6.07, 6.45) is 3.97. The molecule has 0 bridgehead atoms. The molecule has 4 rings (SSSR count). The zero-order valence-electron chi connectivity index (χ0n) is 18.3. The molecule has 1 aliphatic heterocycles. The molecule has 2 aromatic carbocycles. The fraction of sp³-hybridized carbons (Fsp3) is 0.440. The molecule has 1 aliphatic rings. The number of carbonyl (C=O) groups excluding carboxylic acids is 1. The third-order valence-corrected chi connectivity index (χ3v) is 6.89. The molecule has 164 valence electrons. The summed E-state index contributed by atoms with van der Waals surface area (Å²) in [4.78, 5) is 19.9. The van der Waals surface area contributed by atoms with Crippen molar-refractivity contribution in [2.24, 2.45) is 0 Å². The highest BCUT2D eigenvalue weighted by molar-refractivity contribution is 7.18. The number of carbonyl (C=O) groups is 1. The summed E-state index contributed by atoms with van der Waals surface area (Å²) < 4.78 is 12.8. The van der Waals surface area contributed by atoms with Gasteiger partial charge in [0, 0.05) is 24.6 Å². The number of amides is 1. The number of likely N-dealkylation sites (tertiary alicyclic amines) is 1. The lowest BCUT2D eigenvalue weighted by atomic mass is 9.97. The smallest absolute Gasteiger partial charge is 0.253 e. The van der Waals surface area contributed by atoms with Crippen molar-refractivity contribution in [2.75, 3.05) is 26.3 Å². The summed E-state index contributed by atoms with van der Waals surface area (Å²) in [5, 5.41) is 1.19. The van der Waals surface area contributed by atoms with Gasteiger partial charge in [-0.05, 0) is 56.5 Å². The lowest BCUT2D eigenvalue weighted by Crippen LogP contribution is -2.37.